The van der Waals surface area contributed by atoms with Gasteiger partial charge in [0.15, 0.2) is 5.65 Å². The SMILES string of the molecule is CN[C@H](C(C)C)C(O)NC1CCC(n2nc(-c3ccc(Oc4ccccc4)cc3)c3c(N)ncnc32)CC1. The van der Waals surface area contributed by atoms with Crippen LogP contribution < -0.4 is 21.1 Å². The minimum atomic E-state index is -0.583. The third-order valence-electron chi connectivity index (χ3n) is 7.47. The van der Waals surface area contributed by atoms with Crippen molar-refractivity contribution in [3.8, 4) is 22.8 Å². The Balaban J connectivity index is 1.34. The van der Waals surface area contributed by atoms with Crippen molar-refractivity contribution in [3.63, 3.8) is 0 Å². The predicted molar refractivity (Wildman–Crippen MR) is 150 cm³/mol. The van der Waals surface area contributed by atoms with E-state index in [1.54, 1.807) is 0 Å². The molecule has 0 bridgehead atoms. The largest absolute Gasteiger partial charge is 0.457 e. The monoisotopic (exact) mass is 515 g/mol. The summed E-state index contributed by atoms with van der Waals surface area (Å²) in [5.41, 5.74) is 8.80. The number of likely N-dealkylation sites (N-methyl/N-ethyl adjacent to an activating group) is 1. The summed E-state index contributed by atoms with van der Waals surface area (Å²) in [5, 5.41) is 23.1. The van der Waals surface area contributed by atoms with Crippen molar-refractivity contribution >= 4 is 16.9 Å². The number of hydrogen-bond donors (Lipinski definition) is 4. The number of aliphatic hydroxyl groups is 1. The number of benzene rings is 2. The Morgan fingerprint density at radius 2 is 1.66 bits per heavy atom. The third kappa shape index (κ3) is 5.50. The number of nitrogens with zero attached hydrogens (tertiary/aromatic N) is 4. The Morgan fingerprint density at radius 3 is 2.32 bits per heavy atom. The van der Waals surface area contributed by atoms with Crippen LogP contribution in [0, 0.1) is 5.92 Å². The number of ether oxygens (including phenoxy) is 1. The first-order valence-electron chi connectivity index (χ1n) is 13.4. The van der Waals surface area contributed by atoms with Crippen molar-refractivity contribution in [2.24, 2.45) is 5.92 Å². The summed E-state index contributed by atoms with van der Waals surface area (Å²) in [4.78, 5) is 8.83. The smallest absolute Gasteiger partial charge is 0.164 e. The van der Waals surface area contributed by atoms with Gasteiger partial charge in [-0.1, -0.05) is 32.0 Å². The maximum absolute atomic E-state index is 10.7. The number of para-hydroxylation sites is 1. The fourth-order valence-electron chi connectivity index (χ4n) is 5.45. The highest BCUT2D eigenvalue weighted by Gasteiger charge is 2.29. The Kier molecular flexibility index (Phi) is 7.87. The van der Waals surface area contributed by atoms with E-state index in [1.165, 1.54) is 6.33 Å². The van der Waals surface area contributed by atoms with Gasteiger partial charge in [-0.15, -0.1) is 0 Å². The maximum Gasteiger partial charge on any atom is 0.164 e. The predicted octanol–water partition coefficient (Wildman–Crippen LogP) is 4.50. The molecule has 5 N–H and O–H groups in total. The van der Waals surface area contributed by atoms with Gasteiger partial charge < -0.3 is 20.9 Å². The highest BCUT2D eigenvalue weighted by Crippen LogP contribution is 2.36. The van der Waals surface area contributed by atoms with Crippen LogP contribution in [0.1, 0.15) is 45.6 Å². The number of nitrogens with one attached hydrogen (secondary N) is 2. The van der Waals surface area contributed by atoms with E-state index in [0.717, 1.165) is 59.5 Å². The van der Waals surface area contributed by atoms with Gasteiger partial charge in [0, 0.05) is 17.6 Å². The number of anilines is 1. The van der Waals surface area contributed by atoms with Crippen molar-refractivity contribution in [2.45, 2.75) is 63.9 Å². The number of aromatic nitrogens is 4. The molecule has 4 aromatic rings. The minimum absolute atomic E-state index is 0.00879. The summed E-state index contributed by atoms with van der Waals surface area (Å²) in [6, 6.07) is 18.0. The Morgan fingerprint density at radius 1 is 0.974 bits per heavy atom. The van der Waals surface area contributed by atoms with E-state index < -0.39 is 6.23 Å². The lowest BCUT2D eigenvalue weighted by Gasteiger charge is -2.34. The maximum atomic E-state index is 10.7. The first-order chi connectivity index (χ1) is 18.4. The van der Waals surface area contributed by atoms with Crippen molar-refractivity contribution in [3.05, 3.63) is 60.9 Å². The van der Waals surface area contributed by atoms with E-state index in [4.69, 9.17) is 15.6 Å². The molecule has 1 fully saturated rings. The molecule has 9 heteroatoms. The molecular formula is C29H37N7O2. The second kappa shape index (κ2) is 11.5. The average molecular weight is 516 g/mol. The minimum Gasteiger partial charge on any atom is -0.457 e. The third-order valence-corrected chi connectivity index (χ3v) is 7.47. The summed E-state index contributed by atoms with van der Waals surface area (Å²) in [7, 11) is 1.89. The van der Waals surface area contributed by atoms with E-state index in [9.17, 15) is 5.11 Å². The second-order valence-electron chi connectivity index (χ2n) is 10.4. The zero-order valence-electron chi connectivity index (χ0n) is 22.2. The molecule has 5 rings (SSSR count). The molecule has 38 heavy (non-hydrogen) atoms. The first kappa shape index (κ1) is 26.1. The lowest BCUT2D eigenvalue weighted by Crippen LogP contribution is -2.53. The molecule has 1 aliphatic carbocycles. The van der Waals surface area contributed by atoms with Crippen LogP contribution in [0.5, 0.6) is 11.5 Å². The van der Waals surface area contributed by atoms with E-state index in [-0.39, 0.29) is 18.1 Å². The number of rotatable bonds is 9. The van der Waals surface area contributed by atoms with Gasteiger partial charge in [0.2, 0.25) is 0 Å². The molecule has 1 unspecified atom stereocenters. The quantitative estimate of drug-likeness (QED) is 0.240. The van der Waals surface area contributed by atoms with Crippen LogP contribution >= 0.6 is 0 Å². The fourth-order valence-corrected chi connectivity index (χ4v) is 5.45. The van der Waals surface area contributed by atoms with Gasteiger partial charge in [-0.3, -0.25) is 5.32 Å². The van der Waals surface area contributed by atoms with Gasteiger partial charge in [0.05, 0.1) is 11.4 Å². The standard InChI is InChI=1S/C29H37N7O2/c1-18(2)25(31-3)29(37)34-20-11-13-21(14-12-20)36-28-24(27(30)32-17-33-28)26(35-36)19-9-15-23(16-10-19)38-22-7-5-4-6-8-22/h4-10,15-18,20-21,25,29,31,34,37H,11-14H2,1-3H3,(H2,30,32,33)/t20?,21?,25-,29?/m1/s1. The van der Waals surface area contributed by atoms with Crippen molar-refractivity contribution in [1.29, 1.82) is 0 Å². The second-order valence-corrected chi connectivity index (χ2v) is 10.4. The topological polar surface area (TPSA) is 123 Å². The molecule has 0 aliphatic heterocycles. The lowest BCUT2D eigenvalue weighted by molar-refractivity contribution is 0.0578. The summed E-state index contributed by atoms with van der Waals surface area (Å²) in [5.74, 6) is 2.29. The lowest BCUT2D eigenvalue weighted by atomic mass is 9.90. The number of hydrogen-bond acceptors (Lipinski definition) is 8. The van der Waals surface area contributed by atoms with Crippen LogP contribution in [0.4, 0.5) is 5.82 Å². The molecule has 2 atom stereocenters. The molecule has 0 saturated heterocycles. The Hall–Kier alpha value is -3.53. The first-order valence-corrected chi connectivity index (χ1v) is 13.4. The Labute approximate surface area is 223 Å². The number of aliphatic hydroxyl groups excluding tert-OH is 1. The molecule has 0 spiro atoms. The van der Waals surface area contributed by atoms with Gasteiger partial charge >= 0.3 is 0 Å². The van der Waals surface area contributed by atoms with Crippen LogP contribution in [0.3, 0.4) is 0 Å². The summed E-state index contributed by atoms with van der Waals surface area (Å²) in [6.45, 7) is 4.22. The molecule has 2 heterocycles. The van der Waals surface area contributed by atoms with E-state index >= 15 is 0 Å². The van der Waals surface area contributed by atoms with Gasteiger partial charge in [-0.2, -0.15) is 5.10 Å². The number of nitrogens with two attached hydrogens (primary N) is 1. The molecular weight excluding hydrogens is 478 g/mol. The molecule has 2 aromatic carbocycles. The molecule has 0 amide bonds. The van der Waals surface area contributed by atoms with Gasteiger partial charge in [-0.05, 0) is 75.0 Å². The van der Waals surface area contributed by atoms with Crippen LogP contribution in [0.2, 0.25) is 0 Å². The molecule has 1 aliphatic rings. The molecule has 200 valence electrons. The zero-order chi connectivity index (χ0) is 26.6. The fraction of sp³-hybridized carbons (Fsp3) is 0.414. The number of fused-ring (bicyclic) bond motifs is 1. The normalized spacial score (nSPS) is 19.5. The van der Waals surface area contributed by atoms with Gasteiger partial charge in [-0.25, -0.2) is 14.6 Å². The molecule has 2 aromatic heterocycles. The van der Waals surface area contributed by atoms with Crippen LogP contribution in [-0.2, 0) is 0 Å². The highest BCUT2D eigenvalue weighted by molar-refractivity contribution is 5.98. The van der Waals surface area contributed by atoms with Gasteiger partial charge in [0.1, 0.15) is 35.6 Å². The van der Waals surface area contributed by atoms with Crippen LogP contribution in [-0.4, -0.2) is 50.2 Å². The van der Waals surface area contributed by atoms with Crippen LogP contribution in [0.25, 0.3) is 22.3 Å². The number of nitrogen functional groups attached to an aromatic ring is 1. The van der Waals surface area contributed by atoms with Crippen molar-refractivity contribution < 1.29 is 9.84 Å². The zero-order valence-corrected chi connectivity index (χ0v) is 22.2. The van der Waals surface area contributed by atoms with E-state index in [0.29, 0.717) is 11.7 Å². The molecule has 0 radical (unpaired) electrons. The van der Waals surface area contributed by atoms with E-state index in [2.05, 4.69) is 34.4 Å². The average Bonchev–Trinajstić information content (AvgIpc) is 3.31. The summed E-state index contributed by atoms with van der Waals surface area (Å²) < 4.78 is 7.97. The van der Waals surface area contributed by atoms with Crippen molar-refractivity contribution in [2.75, 3.05) is 12.8 Å². The highest BCUT2D eigenvalue weighted by atomic mass is 16.5. The molecule has 1 saturated carbocycles. The van der Waals surface area contributed by atoms with Gasteiger partial charge in [0.25, 0.3) is 0 Å². The van der Waals surface area contributed by atoms with Crippen molar-refractivity contribution in [1.82, 2.24) is 30.4 Å². The molecule has 9 nitrogen and oxygen atoms in total. The summed E-state index contributed by atoms with van der Waals surface area (Å²) in [6.07, 6.45) is 4.67. The van der Waals surface area contributed by atoms with E-state index in [1.807, 2.05) is 66.3 Å². The Bertz CT molecular complexity index is 1330. The van der Waals surface area contributed by atoms with Crippen LogP contribution in [0.15, 0.2) is 60.9 Å². The summed E-state index contributed by atoms with van der Waals surface area (Å²) >= 11 is 0.